The summed E-state index contributed by atoms with van der Waals surface area (Å²) in [4.78, 5) is 12.4. The van der Waals surface area contributed by atoms with Gasteiger partial charge in [-0.3, -0.25) is 0 Å². The molecule has 0 saturated carbocycles. The van der Waals surface area contributed by atoms with Gasteiger partial charge in [-0.15, -0.1) is 0 Å². The molecule has 2 rings (SSSR count). The van der Waals surface area contributed by atoms with Crippen LogP contribution in [-0.2, 0) is 0 Å². The first kappa shape index (κ1) is 13.6. The van der Waals surface area contributed by atoms with Crippen LogP contribution in [0.25, 0.3) is 11.2 Å². The second-order valence-electron chi connectivity index (χ2n) is 4.45. The van der Waals surface area contributed by atoms with Crippen LogP contribution in [0.5, 0.6) is 0 Å². The summed E-state index contributed by atoms with van der Waals surface area (Å²) in [6, 6.07) is 0.337. The minimum Gasteiger partial charge on any atom is -0.312 e. The first-order chi connectivity index (χ1) is 8.63. The van der Waals surface area contributed by atoms with E-state index in [1.807, 2.05) is 4.57 Å². The predicted octanol–water partition coefficient (Wildman–Crippen LogP) is 4.27. The average Bonchev–Trinajstić information content (AvgIpc) is 2.73. The van der Waals surface area contributed by atoms with E-state index in [0.29, 0.717) is 22.4 Å². The van der Waals surface area contributed by atoms with Gasteiger partial charge in [-0.2, -0.15) is 4.98 Å². The highest BCUT2D eigenvalue weighted by Crippen LogP contribution is 2.25. The van der Waals surface area contributed by atoms with E-state index in [1.165, 1.54) is 19.3 Å². The van der Waals surface area contributed by atoms with Crippen molar-refractivity contribution in [3.05, 3.63) is 16.8 Å². The number of rotatable bonds is 5. The van der Waals surface area contributed by atoms with Crippen LogP contribution in [0.1, 0.15) is 45.6 Å². The maximum Gasteiger partial charge on any atom is 0.225 e. The van der Waals surface area contributed by atoms with E-state index in [1.54, 1.807) is 6.33 Å². The van der Waals surface area contributed by atoms with Crippen molar-refractivity contribution in [1.82, 2.24) is 19.5 Å². The highest BCUT2D eigenvalue weighted by Gasteiger charge is 2.14. The summed E-state index contributed by atoms with van der Waals surface area (Å²) in [5.74, 6) is 0. The van der Waals surface area contributed by atoms with Gasteiger partial charge in [0, 0.05) is 6.04 Å². The van der Waals surface area contributed by atoms with Gasteiger partial charge in [0.1, 0.15) is 5.52 Å². The summed E-state index contributed by atoms with van der Waals surface area (Å²) in [6.07, 6.45) is 6.52. The van der Waals surface area contributed by atoms with Crippen LogP contribution < -0.4 is 0 Å². The van der Waals surface area contributed by atoms with E-state index in [4.69, 9.17) is 23.2 Å². The molecule has 0 amide bonds. The zero-order valence-corrected chi connectivity index (χ0v) is 12.0. The summed E-state index contributed by atoms with van der Waals surface area (Å²) in [5, 5.41) is 0.472. The van der Waals surface area contributed by atoms with E-state index in [0.717, 1.165) is 6.42 Å². The van der Waals surface area contributed by atoms with E-state index >= 15 is 0 Å². The zero-order valence-electron chi connectivity index (χ0n) is 10.5. The number of unbranched alkanes of at least 4 members (excludes halogenated alkanes) is 2. The van der Waals surface area contributed by atoms with Crippen molar-refractivity contribution in [3.8, 4) is 0 Å². The van der Waals surface area contributed by atoms with Crippen molar-refractivity contribution < 1.29 is 0 Å². The molecule has 6 heteroatoms. The van der Waals surface area contributed by atoms with Gasteiger partial charge in [-0.05, 0) is 24.9 Å². The van der Waals surface area contributed by atoms with E-state index < -0.39 is 0 Å². The van der Waals surface area contributed by atoms with Crippen LogP contribution in [0.3, 0.4) is 0 Å². The second-order valence-corrected chi connectivity index (χ2v) is 5.15. The Morgan fingerprint density at radius 1 is 1.28 bits per heavy atom. The molecule has 0 aliphatic rings. The Bertz CT molecular complexity index is 538. The molecule has 1 unspecified atom stereocenters. The third-order valence-electron chi connectivity index (χ3n) is 3.05. The fraction of sp³-hybridized carbons (Fsp3) is 0.583. The average molecular weight is 287 g/mol. The molecule has 2 heterocycles. The number of nitrogens with zero attached hydrogens (tertiary/aromatic N) is 4. The normalized spacial score (nSPS) is 13.1. The van der Waals surface area contributed by atoms with Crippen molar-refractivity contribution in [2.24, 2.45) is 0 Å². The lowest BCUT2D eigenvalue weighted by molar-refractivity contribution is 0.484. The number of hydrogen-bond donors (Lipinski definition) is 0. The van der Waals surface area contributed by atoms with Gasteiger partial charge in [0.15, 0.2) is 10.8 Å². The minimum absolute atomic E-state index is 0.162. The zero-order chi connectivity index (χ0) is 13.1. The lowest BCUT2D eigenvalue weighted by Crippen LogP contribution is -2.05. The molecule has 0 radical (unpaired) electrons. The molecule has 18 heavy (non-hydrogen) atoms. The lowest BCUT2D eigenvalue weighted by atomic mass is 10.1. The van der Waals surface area contributed by atoms with Crippen molar-refractivity contribution in [2.45, 2.75) is 45.6 Å². The van der Waals surface area contributed by atoms with Crippen LogP contribution >= 0.6 is 23.2 Å². The topological polar surface area (TPSA) is 43.6 Å². The number of halogens is 2. The first-order valence-corrected chi connectivity index (χ1v) is 6.94. The van der Waals surface area contributed by atoms with Gasteiger partial charge in [-0.1, -0.05) is 37.8 Å². The Morgan fingerprint density at radius 3 is 2.78 bits per heavy atom. The predicted molar refractivity (Wildman–Crippen MR) is 74.2 cm³/mol. The molecule has 1 atom stereocenters. The highest BCUT2D eigenvalue weighted by molar-refractivity contribution is 6.35. The summed E-state index contributed by atoms with van der Waals surface area (Å²) < 4.78 is 2.02. The van der Waals surface area contributed by atoms with Crippen LogP contribution in [0.15, 0.2) is 6.33 Å². The standard InChI is InChI=1S/C12H16Cl2N4/c1-3-4-5-6-8(2)18-7-15-9-10(13)16-12(14)17-11(9)18/h7-8H,3-6H2,1-2H3. The second kappa shape index (κ2) is 5.85. The molecule has 2 aromatic rings. The third-order valence-corrected chi connectivity index (χ3v) is 3.48. The largest absolute Gasteiger partial charge is 0.312 e. The molecule has 0 aromatic carbocycles. The molecule has 0 saturated heterocycles. The minimum atomic E-state index is 0.162. The van der Waals surface area contributed by atoms with Crippen LogP contribution in [0.4, 0.5) is 0 Å². The van der Waals surface area contributed by atoms with Gasteiger partial charge in [0.05, 0.1) is 6.33 Å². The highest BCUT2D eigenvalue weighted by atomic mass is 35.5. The maximum absolute atomic E-state index is 6.00. The van der Waals surface area contributed by atoms with E-state index in [2.05, 4.69) is 28.8 Å². The molecule has 2 aromatic heterocycles. The van der Waals surface area contributed by atoms with Gasteiger partial charge in [0.2, 0.25) is 5.28 Å². The molecular weight excluding hydrogens is 271 g/mol. The van der Waals surface area contributed by atoms with Crippen LogP contribution in [0.2, 0.25) is 10.4 Å². The Kier molecular flexibility index (Phi) is 4.40. The Morgan fingerprint density at radius 2 is 2.06 bits per heavy atom. The molecule has 0 aliphatic heterocycles. The molecule has 0 bridgehead atoms. The van der Waals surface area contributed by atoms with Crippen molar-refractivity contribution in [1.29, 1.82) is 0 Å². The Labute approximate surface area is 116 Å². The molecule has 98 valence electrons. The number of hydrogen-bond acceptors (Lipinski definition) is 3. The van der Waals surface area contributed by atoms with Crippen molar-refractivity contribution >= 4 is 34.4 Å². The van der Waals surface area contributed by atoms with Gasteiger partial charge >= 0.3 is 0 Å². The molecule has 0 fully saturated rings. The van der Waals surface area contributed by atoms with Gasteiger partial charge in [-0.25, -0.2) is 9.97 Å². The number of aromatic nitrogens is 4. The van der Waals surface area contributed by atoms with Crippen LogP contribution in [0, 0.1) is 0 Å². The van der Waals surface area contributed by atoms with E-state index in [9.17, 15) is 0 Å². The molecule has 0 spiro atoms. The SMILES string of the molecule is CCCCCC(C)n1cnc2c(Cl)nc(Cl)nc21. The smallest absolute Gasteiger partial charge is 0.225 e. The Balaban J connectivity index is 2.28. The fourth-order valence-corrected chi connectivity index (χ4v) is 2.43. The van der Waals surface area contributed by atoms with Gasteiger partial charge < -0.3 is 4.57 Å². The molecule has 0 N–H and O–H groups in total. The van der Waals surface area contributed by atoms with Crippen LogP contribution in [-0.4, -0.2) is 19.5 Å². The fourth-order valence-electron chi connectivity index (χ4n) is 2.01. The number of fused-ring (bicyclic) bond motifs is 1. The quantitative estimate of drug-likeness (QED) is 0.468. The summed E-state index contributed by atoms with van der Waals surface area (Å²) in [7, 11) is 0. The van der Waals surface area contributed by atoms with Crippen molar-refractivity contribution in [2.75, 3.05) is 0 Å². The lowest BCUT2D eigenvalue weighted by Gasteiger charge is -2.13. The van der Waals surface area contributed by atoms with Gasteiger partial charge in [0.25, 0.3) is 0 Å². The summed E-state index contributed by atoms with van der Waals surface area (Å²) in [5.41, 5.74) is 1.33. The monoisotopic (exact) mass is 286 g/mol. The van der Waals surface area contributed by atoms with E-state index in [-0.39, 0.29) is 5.28 Å². The molecule has 0 aliphatic carbocycles. The molecule has 4 nitrogen and oxygen atoms in total. The maximum atomic E-state index is 6.00. The molecular formula is C12H16Cl2N4. The Hall–Kier alpha value is -0.870. The third kappa shape index (κ3) is 2.75. The first-order valence-electron chi connectivity index (χ1n) is 6.19. The summed E-state index contributed by atoms with van der Waals surface area (Å²) in [6.45, 7) is 4.35. The number of imidazole rings is 1. The van der Waals surface area contributed by atoms with Crippen molar-refractivity contribution in [3.63, 3.8) is 0 Å². The summed E-state index contributed by atoms with van der Waals surface area (Å²) >= 11 is 11.8.